The van der Waals surface area contributed by atoms with Crippen LogP contribution in [0.15, 0.2) is 24.3 Å². The van der Waals surface area contributed by atoms with Gasteiger partial charge < -0.3 is 10.2 Å². The van der Waals surface area contributed by atoms with Crippen molar-refractivity contribution in [3.63, 3.8) is 0 Å². The topological polar surface area (TPSA) is 32.3 Å². The predicted octanol–water partition coefficient (Wildman–Crippen LogP) is 3.13. The van der Waals surface area contributed by atoms with Gasteiger partial charge in [0.25, 0.3) is 0 Å². The van der Waals surface area contributed by atoms with Crippen LogP contribution in [0.25, 0.3) is 0 Å². The SMILES string of the molecule is Cl.O=C(C1CCCc2ccccc21)N1CCC2(CCNC2)CC1. The van der Waals surface area contributed by atoms with E-state index in [4.69, 9.17) is 0 Å². The summed E-state index contributed by atoms with van der Waals surface area (Å²) in [5.41, 5.74) is 3.17. The number of nitrogens with zero attached hydrogens (tertiary/aromatic N) is 1. The molecule has 1 unspecified atom stereocenters. The molecule has 1 aromatic rings. The van der Waals surface area contributed by atoms with E-state index in [-0.39, 0.29) is 18.3 Å². The zero-order valence-corrected chi connectivity index (χ0v) is 14.5. The van der Waals surface area contributed by atoms with E-state index in [9.17, 15) is 4.79 Å². The van der Waals surface area contributed by atoms with E-state index in [1.165, 1.54) is 30.4 Å². The number of halogens is 1. The van der Waals surface area contributed by atoms with Crippen molar-refractivity contribution in [1.82, 2.24) is 10.2 Å². The highest BCUT2D eigenvalue weighted by molar-refractivity contribution is 5.85. The highest BCUT2D eigenvalue weighted by Gasteiger charge is 2.39. The molecular weight excluding hydrogens is 308 g/mol. The Labute approximate surface area is 145 Å². The highest BCUT2D eigenvalue weighted by atomic mass is 35.5. The van der Waals surface area contributed by atoms with Gasteiger partial charge in [0.15, 0.2) is 0 Å². The van der Waals surface area contributed by atoms with Gasteiger partial charge in [0, 0.05) is 19.6 Å². The van der Waals surface area contributed by atoms with Gasteiger partial charge in [0.05, 0.1) is 5.92 Å². The number of hydrogen-bond donors (Lipinski definition) is 1. The Morgan fingerprint density at radius 3 is 2.70 bits per heavy atom. The molecule has 2 aliphatic heterocycles. The molecule has 2 saturated heterocycles. The van der Waals surface area contributed by atoms with Crippen molar-refractivity contribution < 1.29 is 4.79 Å². The number of rotatable bonds is 1. The van der Waals surface area contributed by atoms with E-state index < -0.39 is 0 Å². The van der Waals surface area contributed by atoms with Gasteiger partial charge in [-0.2, -0.15) is 0 Å². The number of hydrogen-bond acceptors (Lipinski definition) is 2. The lowest BCUT2D eigenvalue weighted by atomic mass is 9.77. The highest BCUT2D eigenvalue weighted by Crippen LogP contribution is 2.39. The van der Waals surface area contributed by atoms with Crippen LogP contribution in [-0.4, -0.2) is 37.0 Å². The molecule has 126 valence electrons. The summed E-state index contributed by atoms with van der Waals surface area (Å²) in [5.74, 6) is 0.494. The molecule has 1 aromatic carbocycles. The van der Waals surface area contributed by atoms with Crippen molar-refractivity contribution in [2.75, 3.05) is 26.2 Å². The van der Waals surface area contributed by atoms with Crippen LogP contribution in [0.2, 0.25) is 0 Å². The molecule has 2 heterocycles. The first-order chi connectivity index (χ1) is 10.8. The van der Waals surface area contributed by atoms with Gasteiger partial charge in [-0.05, 0) is 61.6 Å². The molecule has 0 aromatic heterocycles. The molecule has 4 heteroatoms. The minimum absolute atomic E-state index is 0. The summed E-state index contributed by atoms with van der Waals surface area (Å²) in [4.78, 5) is 15.2. The van der Waals surface area contributed by atoms with E-state index in [0.29, 0.717) is 11.3 Å². The molecule has 1 spiro atoms. The minimum atomic E-state index is 0. The van der Waals surface area contributed by atoms with Gasteiger partial charge in [-0.25, -0.2) is 0 Å². The van der Waals surface area contributed by atoms with Crippen LogP contribution < -0.4 is 5.32 Å². The summed E-state index contributed by atoms with van der Waals surface area (Å²) >= 11 is 0. The van der Waals surface area contributed by atoms with Gasteiger partial charge >= 0.3 is 0 Å². The van der Waals surface area contributed by atoms with Crippen LogP contribution in [0.4, 0.5) is 0 Å². The third kappa shape index (κ3) is 3.14. The number of benzene rings is 1. The largest absolute Gasteiger partial charge is 0.342 e. The number of carbonyl (C=O) groups excluding carboxylic acids is 1. The van der Waals surface area contributed by atoms with Crippen LogP contribution in [0.3, 0.4) is 0 Å². The van der Waals surface area contributed by atoms with Crippen LogP contribution in [-0.2, 0) is 11.2 Å². The van der Waals surface area contributed by atoms with Crippen molar-refractivity contribution in [3.8, 4) is 0 Å². The smallest absolute Gasteiger partial charge is 0.230 e. The Kier molecular flexibility index (Phi) is 4.98. The second-order valence-electron chi connectivity index (χ2n) is 7.40. The first kappa shape index (κ1) is 16.8. The summed E-state index contributed by atoms with van der Waals surface area (Å²) in [7, 11) is 0. The lowest BCUT2D eigenvalue weighted by molar-refractivity contribution is -0.135. The molecule has 3 aliphatic rings. The van der Waals surface area contributed by atoms with E-state index >= 15 is 0 Å². The average molecular weight is 335 g/mol. The van der Waals surface area contributed by atoms with Gasteiger partial charge in [-0.15, -0.1) is 12.4 Å². The maximum absolute atomic E-state index is 13.0. The van der Waals surface area contributed by atoms with Gasteiger partial charge in [0.2, 0.25) is 5.91 Å². The van der Waals surface area contributed by atoms with E-state index in [1.54, 1.807) is 0 Å². The lowest BCUT2D eigenvalue weighted by Crippen LogP contribution is -2.46. The molecule has 1 N–H and O–H groups in total. The third-order valence-electron chi connectivity index (χ3n) is 6.14. The van der Waals surface area contributed by atoms with Crippen molar-refractivity contribution in [2.24, 2.45) is 5.41 Å². The average Bonchev–Trinajstić information content (AvgIpc) is 3.02. The fourth-order valence-corrected chi connectivity index (χ4v) is 4.65. The summed E-state index contributed by atoms with van der Waals surface area (Å²) in [6.45, 7) is 4.23. The summed E-state index contributed by atoms with van der Waals surface area (Å²) in [5, 5.41) is 3.50. The van der Waals surface area contributed by atoms with Crippen LogP contribution in [0.5, 0.6) is 0 Å². The summed E-state index contributed by atoms with van der Waals surface area (Å²) < 4.78 is 0. The number of amides is 1. The molecule has 0 bridgehead atoms. The molecule has 3 nitrogen and oxygen atoms in total. The molecule has 2 fully saturated rings. The third-order valence-corrected chi connectivity index (χ3v) is 6.14. The molecule has 0 radical (unpaired) electrons. The molecule has 1 amide bonds. The fraction of sp³-hybridized carbons (Fsp3) is 0.632. The number of carbonyl (C=O) groups is 1. The predicted molar refractivity (Wildman–Crippen MR) is 95.1 cm³/mol. The number of aryl methyl sites for hydroxylation is 1. The number of piperidine rings is 1. The number of fused-ring (bicyclic) bond motifs is 1. The number of likely N-dealkylation sites (tertiary alicyclic amines) is 1. The summed E-state index contributed by atoms with van der Waals surface area (Å²) in [6, 6.07) is 8.55. The Morgan fingerprint density at radius 1 is 1.17 bits per heavy atom. The molecule has 4 rings (SSSR count). The van der Waals surface area contributed by atoms with Crippen molar-refractivity contribution in [2.45, 2.75) is 44.4 Å². The molecule has 0 saturated carbocycles. The zero-order chi connectivity index (χ0) is 15.0. The Balaban J connectivity index is 0.00000156. The van der Waals surface area contributed by atoms with E-state index in [1.807, 2.05) is 0 Å². The second-order valence-corrected chi connectivity index (χ2v) is 7.40. The van der Waals surface area contributed by atoms with Crippen molar-refractivity contribution >= 4 is 18.3 Å². The van der Waals surface area contributed by atoms with Crippen LogP contribution >= 0.6 is 12.4 Å². The maximum Gasteiger partial charge on any atom is 0.230 e. The van der Waals surface area contributed by atoms with E-state index in [2.05, 4.69) is 34.5 Å². The fourth-order valence-electron chi connectivity index (χ4n) is 4.65. The molecule has 1 atom stereocenters. The minimum Gasteiger partial charge on any atom is -0.342 e. The molecule has 23 heavy (non-hydrogen) atoms. The van der Waals surface area contributed by atoms with Crippen LogP contribution in [0, 0.1) is 5.41 Å². The quantitative estimate of drug-likeness (QED) is 0.855. The monoisotopic (exact) mass is 334 g/mol. The Hall–Kier alpha value is -1.06. The zero-order valence-electron chi connectivity index (χ0n) is 13.7. The van der Waals surface area contributed by atoms with Gasteiger partial charge in [0.1, 0.15) is 0 Å². The standard InChI is InChI=1S/C19H26N2O.ClH/c22-18(17-7-3-5-15-4-1-2-6-16(15)17)21-12-9-19(10-13-21)8-11-20-14-19;/h1-2,4,6,17,20H,3,5,7-14H2;1H. The van der Waals surface area contributed by atoms with E-state index in [0.717, 1.165) is 45.4 Å². The first-order valence-corrected chi connectivity index (χ1v) is 8.85. The second kappa shape index (κ2) is 6.82. The lowest BCUT2D eigenvalue weighted by Gasteiger charge is -2.40. The Morgan fingerprint density at radius 2 is 1.96 bits per heavy atom. The van der Waals surface area contributed by atoms with Crippen molar-refractivity contribution in [1.29, 1.82) is 0 Å². The first-order valence-electron chi connectivity index (χ1n) is 8.85. The maximum atomic E-state index is 13.0. The number of nitrogens with one attached hydrogen (secondary N) is 1. The summed E-state index contributed by atoms with van der Waals surface area (Å²) in [6.07, 6.45) is 6.96. The van der Waals surface area contributed by atoms with Gasteiger partial charge in [-0.3, -0.25) is 4.79 Å². The molecular formula is C19H27ClN2O. The normalized spacial score (nSPS) is 25.7. The van der Waals surface area contributed by atoms with Crippen molar-refractivity contribution in [3.05, 3.63) is 35.4 Å². The van der Waals surface area contributed by atoms with Gasteiger partial charge in [-0.1, -0.05) is 24.3 Å². The molecule has 1 aliphatic carbocycles. The van der Waals surface area contributed by atoms with Crippen LogP contribution in [0.1, 0.15) is 49.1 Å². The Bertz CT molecular complexity index is 558.